The summed E-state index contributed by atoms with van der Waals surface area (Å²) in [7, 11) is -2.65. The Morgan fingerprint density at radius 1 is 0.941 bits per heavy atom. The predicted octanol–water partition coefficient (Wildman–Crippen LogP) is 3.41. The molecule has 0 N–H and O–H groups in total. The highest BCUT2D eigenvalue weighted by Crippen LogP contribution is 2.34. The lowest BCUT2D eigenvalue weighted by molar-refractivity contribution is -0.139. The molecule has 182 valence electrons. The summed E-state index contributed by atoms with van der Waals surface area (Å²) in [5.74, 6) is -0.798. The minimum Gasteiger partial charge on any atom is -0.465 e. The fourth-order valence-electron chi connectivity index (χ4n) is 4.99. The molecule has 4 rings (SSSR count). The normalized spacial score (nSPS) is 20.5. The topological polar surface area (TPSA) is 96.9 Å². The van der Waals surface area contributed by atoms with Crippen LogP contribution in [0.2, 0.25) is 0 Å². The van der Waals surface area contributed by atoms with Crippen LogP contribution >= 0.6 is 0 Å². The maximum Gasteiger partial charge on any atom is 0.339 e. The van der Waals surface area contributed by atoms with Crippen LogP contribution in [0.3, 0.4) is 0 Å². The SMILES string of the molecule is COC(=O)c1ccccc1S(=O)(=O)N1CCC(C(=O)N2CCCCCC2c2ccncc2)CC1. The first-order valence-electron chi connectivity index (χ1n) is 11.8. The molecule has 1 atom stereocenters. The van der Waals surface area contributed by atoms with Crippen LogP contribution in [0.25, 0.3) is 0 Å². The van der Waals surface area contributed by atoms with Gasteiger partial charge in [-0.05, 0) is 55.5 Å². The van der Waals surface area contributed by atoms with Crippen LogP contribution in [-0.2, 0) is 19.6 Å². The second-order valence-corrected chi connectivity index (χ2v) is 10.7. The highest BCUT2D eigenvalue weighted by atomic mass is 32.2. The van der Waals surface area contributed by atoms with Gasteiger partial charge in [-0.2, -0.15) is 4.31 Å². The number of hydrogen-bond acceptors (Lipinski definition) is 6. The first kappa shape index (κ1) is 24.3. The summed E-state index contributed by atoms with van der Waals surface area (Å²) in [5, 5.41) is 0. The molecular formula is C25H31N3O5S. The third kappa shape index (κ3) is 5.00. The number of carbonyl (C=O) groups excluding carboxylic acids is 2. The molecule has 9 heteroatoms. The molecule has 34 heavy (non-hydrogen) atoms. The van der Waals surface area contributed by atoms with E-state index in [1.54, 1.807) is 24.5 Å². The van der Waals surface area contributed by atoms with E-state index in [1.165, 1.54) is 23.5 Å². The average molecular weight is 486 g/mol. The average Bonchev–Trinajstić information content (AvgIpc) is 3.14. The summed E-state index contributed by atoms with van der Waals surface area (Å²) in [6.07, 6.45) is 8.51. The van der Waals surface area contributed by atoms with Crippen molar-refractivity contribution in [3.8, 4) is 0 Å². The largest absolute Gasteiger partial charge is 0.465 e. The van der Waals surface area contributed by atoms with Gasteiger partial charge in [0, 0.05) is 37.9 Å². The predicted molar refractivity (Wildman–Crippen MR) is 126 cm³/mol. The Hall–Kier alpha value is -2.78. The molecule has 8 nitrogen and oxygen atoms in total. The number of pyridine rings is 1. The number of rotatable bonds is 5. The molecule has 0 bridgehead atoms. The fourth-order valence-corrected chi connectivity index (χ4v) is 6.64. The highest BCUT2D eigenvalue weighted by molar-refractivity contribution is 7.89. The highest BCUT2D eigenvalue weighted by Gasteiger charge is 2.37. The molecule has 0 spiro atoms. The number of methoxy groups -OCH3 is 1. The molecule has 0 radical (unpaired) electrons. The minimum absolute atomic E-state index is 0.0213. The van der Waals surface area contributed by atoms with Crippen molar-refractivity contribution in [1.82, 2.24) is 14.2 Å². The molecule has 0 aliphatic carbocycles. The lowest BCUT2D eigenvalue weighted by Gasteiger charge is -2.37. The maximum absolute atomic E-state index is 13.6. The van der Waals surface area contributed by atoms with Crippen LogP contribution in [0, 0.1) is 5.92 Å². The van der Waals surface area contributed by atoms with Crippen LogP contribution in [-0.4, -0.2) is 61.2 Å². The van der Waals surface area contributed by atoms with Crippen LogP contribution in [0.15, 0.2) is 53.7 Å². The summed E-state index contributed by atoms with van der Waals surface area (Å²) in [4.78, 5) is 31.7. The van der Waals surface area contributed by atoms with E-state index >= 15 is 0 Å². The molecule has 1 unspecified atom stereocenters. The van der Waals surface area contributed by atoms with Gasteiger partial charge in [0.2, 0.25) is 15.9 Å². The van der Waals surface area contributed by atoms with Gasteiger partial charge < -0.3 is 9.64 Å². The molecule has 2 saturated heterocycles. The summed E-state index contributed by atoms with van der Waals surface area (Å²) in [5.41, 5.74) is 1.12. The lowest BCUT2D eigenvalue weighted by Crippen LogP contribution is -2.45. The Balaban J connectivity index is 1.48. The van der Waals surface area contributed by atoms with Gasteiger partial charge in [-0.3, -0.25) is 9.78 Å². The number of likely N-dealkylation sites (tertiary alicyclic amines) is 1. The molecule has 1 aromatic heterocycles. The smallest absolute Gasteiger partial charge is 0.339 e. The first-order chi connectivity index (χ1) is 16.4. The Bertz CT molecular complexity index is 1110. The first-order valence-corrected chi connectivity index (χ1v) is 13.3. The second-order valence-electron chi connectivity index (χ2n) is 8.84. The van der Waals surface area contributed by atoms with Gasteiger partial charge in [-0.25, -0.2) is 13.2 Å². The van der Waals surface area contributed by atoms with Crippen molar-refractivity contribution in [2.24, 2.45) is 5.92 Å². The van der Waals surface area contributed by atoms with Crippen LogP contribution in [0.1, 0.15) is 60.5 Å². The van der Waals surface area contributed by atoms with Crippen molar-refractivity contribution in [1.29, 1.82) is 0 Å². The van der Waals surface area contributed by atoms with E-state index in [0.717, 1.165) is 37.8 Å². The van der Waals surface area contributed by atoms with E-state index < -0.39 is 16.0 Å². The van der Waals surface area contributed by atoms with E-state index in [2.05, 4.69) is 4.98 Å². The van der Waals surface area contributed by atoms with Gasteiger partial charge in [-0.1, -0.05) is 25.0 Å². The fraction of sp³-hybridized carbons (Fsp3) is 0.480. The second kappa shape index (κ2) is 10.7. The van der Waals surface area contributed by atoms with Gasteiger partial charge in [0.25, 0.3) is 0 Å². The summed E-state index contributed by atoms with van der Waals surface area (Å²) in [6, 6.07) is 10.1. The van der Waals surface area contributed by atoms with Crippen LogP contribution < -0.4 is 0 Å². The number of hydrogen-bond donors (Lipinski definition) is 0. The molecule has 3 heterocycles. The molecule has 0 saturated carbocycles. The summed E-state index contributed by atoms with van der Waals surface area (Å²) < 4.78 is 32.7. The number of benzene rings is 1. The molecular weight excluding hydrogens is 454 g/mol. The van der Waals surface area contributed by atoms with E-state index in [0.29, 0.717) is 12.8 Å². The minimum atomic E-state index is -3.88. The van der Waals surface area contributed by atoms with Crippen molar-refractivity contribution in [2.45, 2.75) is 49.5 Å². The van der Waals surface area contributed by atoms with Gasteiger partial charge in [-0.15, -0.1) is 0 Å². The van der Waals surface area contributed by atoms with Gasteiger partial charge in [0.1, 0.15) is 0 Å². The molecule has 2 aliphatic rings. The van der Waals surface area contributed by atoms with E-state index in [4.69, 9.17) is 4.74 Å². The Labute approximate surface area is 201 Å². The molecule has 1 amide bonds. The van der Waals surface area contributed by atoms with E-state index in [9.17, 15) is 18.0 Å². The summed E-state index contributed by atoms with van der Waals surface area (Å²) >= 11 is 0. The standard InChI is InChI=1S/C25H31N3O5S/c1-33-25(30)21-7-4-5-9-23(21)34(31,32)27-17-12-20(13-18-27)24(29)28-16-6-2-3-8-22(28)19-10-14-26-15-11-19/h4-5,7,9-11,14-15,20,22H,2-3,6,8,12-13,16-18H2,1H3. The number of ether oxygens (including phenoxy) is 1. The molecule has 2 aromatic rings. The number of sulfonamides is 1. The third-order valence-corrected chi connectivity index (χ3v) is 8.80. The zero-order valence-corrected chi connectivity index (χ0v) is 20.2. The molecule has 2 aliphatic heterocycles. The van der Waals surface area contributed by atoms with Gasteiger partial charge in [0.05, 0.1) is 23.6 Å². The van der Waals surface area contributed by atoms with Gasteiger partial charge >= 0.3 is 5.97 Å². The van der Waals surface area contributed by atoms with Crippen LogP contribution in [0.5, 0.6) is 0 Å². The van der Waals surface area contributed by atoms with Crippen molar-refractivity contribution in [2.75, 3.05) is 26.7 Å². The maximum atomic E-state index is 13.6. The van der Waals surface area contributed by atoms with E-state index in [1.807, 2.05) is 17.0 Å². The van der Waals surface area contributed by atoms with Crippen molar-refractivity contribution in [3.05, 3.63) is 59.9 Å². The number of carbonyl (C=O) groups is 2. The van der Waals surface area contributed by atoms with Crippen molar-refractivity contribution < 1.29 is 22.7 Å². The Morgan fingerprint density at radius 3 is 2.35 bits per heavy atom. The summed E-state index contributed by atoms with van der Waals surface area (Å²) in [6.45, 7) is 1.20. The van der Waals surface area contributed by atoms with Gasteiger partial charge in [0.15, 0.2) is 0 Å². The molecule has 2 fully saturated rings. The monoisotopic (exact) mass is 485 g/mol. The third-order valence-electron chi connectivity index (χ3n) is 6.84. The number of nitrogens with zero attached hydrogens (tertiary/aromatic N) is 3. The number of aromatic nitrogens is 1. The molecule has 1 aromatic carbocycles. The number of piperidine rings is 1. The van der Waals surface area contributed by atoms with E-state index in [-0.39, 0.29) is 41.4 Å². The Kier molecular flexibility index (Phi) is 7.63. The zero-order valence-electron chi connectivity index (χ0n) is 19.4. The lowest BCUT2D eigenvalue weighted by atomic mass is 9.94. The number of amides is 1. The Morgan fingerprint density at radius 2 is 1.65 bits per heavy atom. The van der Waals surface area contributed by atoms with Crippen LogP contribution in [0.4, 0.5) is 0 Å². The zero-order chi connectivity index (χ0) is 24.1. The van der Waals surface area contributed by atoms with Crippen molar-refractivity contribution >= 4 is 21.9 Å². The van der Waals surface area contributed by atoms with Crippen molar-refractivity contribution in [3.63, 3.8) is 0 Å². The number of esters is 1. The quantitative estimate of drug-likeness (QED) is 0.602.